The summed E-state index contributed by atoms with van der Waals surface area (Å²) in [6.07, 6.45) is -2.91. The highest BCUT2D eigenvalue weighted by molar-refractivity contribution is 14.0. The molecule has 1 aliphatic heterocycles. The van der Waals surface area contributed by atoms with E-state index in [1.54, 1.807) is 12.1 Å². The lowest BCUT2D eigenvalue weighted by Crippen LogP contribution is -2.48. The summed E-state index contributed by atoms with van der Waals surface area (Å²) < 4.78 is 57.1. The molecule has 1 aromatic carbocycles. The van der Waals surface area contributed by atoms with E-state index in [4.69, 9.17) is 4.74 Å². The minimum absolute atomic E-state index is 0. The number of aromatic nitrogens is 1. The molecule has 2 N–H and O–H groups in total. The monoisotopic (exact) mass is 572 g/mol. The predicted molar refractivity (Wildman–Crippen MR) is 123 cm³/mol. The Hall–Kier alpha value is -1.47. The van der Waals surface area contributed by atoms with E-state index in [2.05, 4.69) is 20.6 Å². The van der Waals surface area contributed by atoms with Crippen LogP contribution in [0.4, 0.5) is 17.6 Å². The molecule has 31 heavy (non-hydrogen) atoms. The highest BCUT2D eigenvalue weighted by atomic mass is 127. The van der Waals surface area contributed by atoms with Crippen LogP contribution in [0.15, 0.2) is 34.6 Å². The molecule has 1 aromatic heterocycles. The number of nitrogens with zero attached hydrogens (tertiary/aromatic N) is 2. The second kappa shape index (κ2) is 11.4. The zero-order valence-corrected chi connectivity index (χ0v) is 20.1. The zero-order valence-electron chi connectivity index (χ0n) is 17.0. The van der Waals surface area contributed by atoms with Crippen molar-refractivity contribution in [2.24, 2.45) is 4.99 Å². The first-order chi connectivity index (χ1) is 14.3. The zero-order chi connectivity index (χ0) is 21.6. The quantitative estimate of drug-likeness (QED) is 0.228. The minimum atomic E-state index is -4.45. The molecule has 0 unspecified atom stereocenters. The first kappa shape index (κ1) is 25.8. The normalized spacial score (nSPS) is 16.5. The molecular weight excluding hydrogens is 547 g/mol. The maximum absolute atomic E-state index is 13.4. The number of nitrogens with one attached hydrogen (secondary N) is 2. The van der Waals surface area contributed by atoms with Crippen LogP contribution in [0.1, 0.15) is 36.0 Å². The summed E-state index contributed by atoms with van der Waals surface area (Å²) in [6.45, 7) is 4.30. The van der Waals surface area contributed by atoms with Gasteiger partial charge in [-0.05, 0) is 37.5 Å². The van der Waals surface area contributed by atoms with Crippen LogP contribution in [0.3, 0.4) is 0 Å². The number of hydrogen-bond acceptors (Lipinski definition) is 4. The van der Waals surface area contributed by atoms with Crippen molar-refractivity contribution in [3.8, 4) is 0 Å². The van der Waals surface area contributed by atoms with Gasteiger partial charge in [-0.3, -0.25) is 0 Å². The minimum Gasteiger partial charge on any atom is -0.381 e. The van der Waals surface area contributed by atoms with Gasteiger partial charge in [0.2, 0.25) is 0 Å². The Labute approximate surface area is 199 Å². The van der Waals surface area contributed by atoms with E-state index in [0.29, 0.717) is 37.3 Å². The van der Waals surface area contributed by atoms with Gasteiger partial charge in [0.15, 0.2) is 11.7 Å². The summed E-state index contributed by atoms with van der Waals surface area (Å²) in [5.74, 6) is 0.208. The van der Waals surface area contributed by atoms with Gasteiger partial charge in [-0.2, -0.15) is 13.2 Å². The Kier molecular flexibility index (Phi) is 9.49. The second-order valence-corrected chi connectivity index (χ2v) is 8.02. The summed E-state index contributed by atoms with van der Waals surface area (Å²) >= 11 is 0.934. The number of hydrogen-bond donors (Lipinski definition) is 2. The van der Waals surface area contributed by atoms with Gasteiger partial charge in [0, 0.05) is 37.1 Å². The number of benzene rings is 1. The van der Waals surface area contributed by atoms with E-state index >= 15 is 0 Å². The number of guanidine groups is 1. The van der Waals surface area contributed by atoms with Crippen LogP contribution in [0.25, 0.3) is 0 Å². The van der Waals surface area contributed by atoms with Crippen molar-refractivity contribution < 1.29 is 22.3 Å². The molecule has 172 valence electrons. The molecule has 0 atom stereocenters. The van der Waals surface area contributed by atoms with Crippen LogP contribution in [-0.4, -0.2) is 37.2 Å². The summed E-state index contributed by atoms with van der Waals surface area (Å²) in [7, 11) is 0. The Balaban J connectivity index is 0.00000341. The predicted octanol–water partition coefficient (Wildman–Crippen LogP) is 4.72. The SMILES string of the molecule is CCNC(=NCc1nc(C(F)(F)F)cs1)NCC1(c2ccc(F)cc2)CCOCC1.I. The molecule has 0 aliphatic carbocycles. The van der Waals surface area contributed by atoms with Gasteiger partial charge in [-0.25, -0.2) is 14.4 Å². The van der Waals surface area contributed by atoms with Crippen LogP contribution in [-0.2, 0) is 22.9 Å². The third-order valence-corrected chi connectivity index (χ3v) is 5.89. The molecule has 5 nitrogen and oxygen atoms in total. The van der Waals surface area contributed by atoms with Crippen LogP contribution >= 0.6 is 35.3 Å². The first-order valence-electron chi connectivity index (χ1n) is 9.70. The lowest BCUT2D eigenvalue weighted by atomic mass is 9.74. The fraction of sp³-hybridized carbons (Fsp3) is 0.500. The summed E-state index contributed by atoms with van der Waals surface area (Å²) in [5, 5.41) is 7.69. The molecular formula is C20H25F4IN4OS. The number of halogens is 5. The summed E-state index contributed by atoms with van der Waals surface area (Å²) in [5.41, 5.74) is -0.120. The number of aliphatic imine (C=N–C) groups is 1. The fourth-order valence-electron chi connectivity index (χ4n) is 3.39. The Bertz CT molecular complexity index is 852. The number of alkyl halides is 3. The van der Waals surface area contributed by atoms with E-state index in [1.807, 2.05) is 6.92 Å². The Morgan fingerprint density at radius 1 is 1.19 bits per heavy atom. The smallest absolute Gasteiger partial charge is 0.381 e. The molecule has 2 aromatic rings. The maximum atomic E-state index is 13.4. The van der Waals surface area contributed by atoms with E-state index in [-0.39, 0.29) is 41.8 Å². The van der Waals surface area contributed by atoms with Gasteiger partial charge < -0.3 is 15.4 Å². The average molecular weight is 572 g/mol. The largest absolute Gasteiger partial charge is 0.434 e. The lowest BCUT2D eigenvalue weighted by molar-refractivity contribution is -0.140. The molecule has 0 radical (unpaired) electrons. The van der Waals surface area contributed by atoms with E-state index in [0.717, 1.165) is 35.1 Å². The molecule has 1 fully saturated rings. The van der Waals surface area contributed by atoms with Crippen molar-refractivity contribution in [1.29, 1.82) is 0 Å². The molecule has 0 bridgehead atoms. The third-order valence-electron chi connectivity index (χ3n) is 5.06. The van der Waals surface area contributed by atoms with Crippen molar-refractivity contribution in [2.75, 3.05) is 26.3 Å². The van der Waals surface area contributed by atoms with Crippen molar-refractivity contribution in [3.63, 3.8) is 0 Å². The van der Waals surface area contributed by atoms with Gasteiger partial charge >= 0.3 is 6.18 Å². The Morgan fingerprint density at radius 3 is 2.45 bits per heavy atom. The van der Waals surface area contributed by atoms with Crippen LogP contribution in [0, 0.1) is 5.82 Å². The van der Waals surface area contributed by atoms with Crippen LogP contribution in [0.2, 0.25) is 0 Å². The first-order valence-corrected chi connectivity index (χ1v) is 10.6. The van der Waals surface area contributed by atoms with Crippen molar-refractivity contribution in [2.45, 2.75) is 37.9 Å². The van der Waals surface area contributed by atoms with Gasteiger partial charge in [0.25, 0.3) is 0 Å². The van der Waals surface area contributed by atoms with Crippen molar-refractivity contribution in [1.82, 2.24) is 15.6 Å². The van der Waals surface area contributed by atoms with Crippen LogP contribution in [0.5, 0.6) is 0 Å². The highest BCUT2D eigenvalue weighted by Gasteiger charge is 2.35. The van der Waals surface area contributed by atoms with E-state index in [1.165, 1.54) is 12.1 Å². The average Bonchev–Trinajstić information content (AvgIpc) is 3.21. The Morgan fingerprint density at radius 2 is 1.87 bits per heavy atom. The molecule has 2 heterocycles. The van der Waals surface area contributed by atoms with Gasteiger partial charge in [-0.1, -0.05) is 12.1 Å². The highest BCUT2D eigenvalue weighted by Crippen LogP contribution is 2.34. The van der Waals surface area contributed by atoms with E-state index < -0.39 is 11.9 Å². The summed E-state index contributed by atoms with van der Waals surface area (Å²) in [6, 6.07) is 6.49. The number of ether oxygens (including phenoxy) is 1. The van der Waals surface area contributed by atoms with Gasteiger partial charge in [-0.15, -0.1) is 35.3 Å². The molecule has 1 saturated heterocycles. The van der Waals surface area contributed by atoms with Gasteiger partial charge in [0.05, 0.1) is 6.54 Å². The molecule has 0 spiro atoms. The number of rotatable bonds is 6. The van der Waals surface area contributed by atoms with Crippen LogP contribution < -0.4 is 10.6 Å². The standard InChI is InChI=1S/C20H24F4N4OS.HI/c1-2-25-18(26-11-17-28-16(12-30-17)20(22,23)24)27-13-19(7-9-29-10-8-19)14-3-5-15(21)6-4-14;/h3-6,12H,2,7-11,13H2,1H3,(H2,25,26,27);1H. The van der Waals surface area contributed by atoms with Crippen molar-refractivity contribution >= 4 is 41.3 Å². The molecule has 11 heteroatoms. The van der Waals surface area contributed by atoms with Crippen molar-refractivity contribution in [3.05, 3.63) is 51.7 Å². The second-order valence-electron chi connectivity index (χ2n) is 7.07. The lowest BCUT2D eigenvalue weighted by Gasteiger charge is -2.38. The van der Waals surface area contributed by atoms with Gasteiger partial charge in [0.1, 0.15) is 10.8 Å². The molecule has 3 rings (SSSR count). The summed E-state index contributed by atoms with van der Waals surface area (Å²) in [4.78, 5) is 8.00. The number of thiazole rings is 1. The fourth-order valence-corrected chi connectivity index (χ4v) is 4.11. The van der Waals surface area contributed by atoms with E-state index in [9.17, 15) is 17.6 Å². The molecule has 0 saturated carbocycles. The third kappa shape index (κ3) is 7.01. The molecule has 1 aliphatic rings. The molecule has 0 amide bonds. The maximum Gasteiger partial charge on any atom is 0.434 e. The topological polar surface area (TPSA) is 58.5 Å².